The van der Waals surface area contributed by atoms with Gasteiger partial charge in [0.05, 0.1) is 0 Å². The number of rotatable bonds is 10. The molecule has 0 unspecified atom stereocenters. The molecule has 0 N–H and O–H groups in total. The molecule has 1 saturated carbocycles. The van der Waals surface area contributed by atoms with Crippen molar-refractivity contribution in [1.82, 2.24) is 4.90 Å². The monoisotopic (exact) mass is 223 g/mol. The molecule has 1 fully saturated rings. The van der Waals surface area contributed by atoms with E-state index >= 15 is 0 Å². The molecule has 1 nitrogen and oxygen atoms in total. The lowest BCUT2D eigenvalue weighted by atomic mass is 9.98. The molecule has 0 aromatic heterocycles. The molecule has 1 rings (SSSR count). The van der Waals surface area contributed by atoms with E-state index in [1.807, 2.05) is 6.08 Å². The van der Waals surface area contributed by atoms with Crippen LogP contribution < -0.4 is 0 Å². The summed E-state index contributed by atoms with van der Waals surface area (Å²) in [7, 11) is 0. The molecule has 0 aromatic carbocycles. The lowest BCUT2D eigenvalue weighted by Crippen LogP contribution is -2.32. The molecule has 1 heteroatoms. The number of nitrogens with zero attached hydrogens (tertiary/aromatic N) is 1. The molecule has 0 amide bonds. The smallest absolute Gasteiger partial charge is 0.00381 e. The minimum Gasteiger partial charge on any atom is -0.302 e. The summed E-state index contributed by atoms with van der Waals surface area (Å²) in [4.78, 5) is 2.66. The van der Waals surface area contributed by atoms with Gasteiger partial charge in [-0.3, -0.25) is 0 Å². The normalized spacial score (nSPS) is 17.7. The summed E-state index contributed by atoms with van der Waals surface area (Å²) in [6.45, 7) is 12.2. The van der Waals surface area contributed by atoms with Crippen molar-refractivity contribution in [2.75, 3.05) is 19.6 Å². The lowest BCUT2D eigenvalue weighted by Gasteiger charge is -2.26. The third kappa shape index (κ3) is 4.69. The number of unbranched alkanes of at least 4 members (excludes halogenated alkanes) is 1. The summed E-state index contributed by atoms with van der Waals surface area (Å²) in [5.74, 6) is 0. The van der Waals surface area contributed by atoms with Crippen molar-refractivity contribution >= 4 is 0 Å². The van der Waals surface area contributed by atoms with Gasteiger partial charge < -0.3 is 4.90 Å². The largest absolute Gasteiger partial charge is 0.302 e. The van der Waals surface area contributed by atoms with Crippen molar-refractivity contribution in [2.45, 2.75) is 58.8 Å². The summed E-state index contributed by atoms with van der Waals surface area (Å²) >= 11 is 0. The van der Waals surface area contributed by atoms with Crippen LogP contribution in [0.25, 0.3) is 0 Å². The molecule has 16 heavy (non-hydrogen) atoms. The first-order valence-electron chi connectivity index (χ1n) is 7.09. The maximum Gasteiger partial charge on any atom is 0.00381 e. The summed E-state index contributed by atoms with van der Waals surface area (Å²) in [5.41, 5.74) is 0.715. The van der Waals surface area contributed by atoms with E-state index in [1.54, 1.807) is 0 Å². The zero-order valence-corrected chi connectivity index (χ0v) is 11.3. The standard InChI is InChI=1S/C15H29N/c1-4-7-9-15(10-11-15)14-16(12-6-3)13-8-5-2/h5H,2,4,6-14H2,1,3H3. The van der Waals surface area contributed by atoms with Crippen LogP contribution in [-0.4, -0.2) is 24.5 Å². The maximum atomic E-state index is 3.83. The van der Waals surface area contributed by atoms with Gasteiger partial charge in [0.25, 0.3) is 0 Å². The fraction of sp³-hybridized carbons (Fsp3) is 0.867. The van der Waals surface area contributed by atoms with E-state index in [-0.39, 0.29) is 0 Å². The van der Waals surface area contributed by atoms with Crippen LogP contribution in [0.3, 0.4) is 0 Å². The van der Waals surface area contributed by atoms with E-state index in [2.05, 4.69) is 25.3 Å². The topological polar surface area (TPSA) is 3.24 Å². The Labute approximate surface area is 102 Å². The van der Waals surface area contributed by atoms with E-state index < -0.39 is 0 Å². The van der Waals surface area contributed by atoms with Gasteiger partial charge in [-0.1, -0.05) is 32.8 Å². The highest BCUT2D eigenvalue weighted by Gasteiger charge is 2.42. The Bertz CT molecular complexity index is 194. The molecule has 0 spiro atoms. The lowest BCUT2D eigenvalue weighted by molar-refractivity contribution is 0.213. The van der Waals surface area contributed by atoms with Crippen molar-refractivity contribution in [3.63, 3.8) is 0 Å². The Hall–Kier alpha value is -0.300. The van der Waals surface area contributed by atoms with E-state index in [1.165, 1.54) is 58.2 Å². The first-order valence-corrected chi connectivity index (χ1v) is 7.09. The average Bonchev–Trinajstić information content (AvgIpc) is 3.04. The molecule has 1 aliphatic rings. The third-order valence-electron chi connectivity index (χ3n) is 3.77. The van der Waals surface area contributed by atoms with E-state index in [0.717, 1.165) is 6.42 Å². The molecule has 0 aliphatic heterocycles. The molecule has 1 aliphatic carbocycles. The van der Waals surface area contributed by atoms with Crippen LogP contribution in [0, 0.1) is 5.41 Å². The summed E-state index contributed by atoms with van der Waals surface area (Å²) in [5, 5.41) is 0. The molecule has 0 aromatic rings. The fourth-order valence-corrected chi connectivity index (χ4v) is 2.55. The van der Waals surface area contributed by atoms with Crippen molar-refractivity contribution in [2.24, 2.45) is 5.41 Å². The van der Waals surface area contributed by atoms with Crippen molar-refractivity contribution in [3.8, 4) is 0 Å². The van der Waals surface area contributed by atoms with Gasteiger partial charge in [0.15, 0.2) is 0 Å². The summed E-state index contributed by atoms with van der Waals surface area (Å²) in [6.07, 6.45) is 11.6. The van der Waals surface area contributed by atoms with Crippen molar-refractivity contribution < 1.29 is 0 Å². The van der Waals surface area contributed by atoms with Gasteiger partial charge in [-0.2, -0.15) is 0 Å². The maximum absolute atomic E-state index is 3.83. The van der Waals surface area contributed by atoms with Gasteiger partial charge in [0.2, 0.25) is 0 Å². The molecule has 0 atom stereocenters. The first kappa shape index (κ1) is 13.8. The quantitative estimate of drug-likeness (QED) is 0.501. The second-order valence-electron chi connectivity index (χ2n) is 5.46. The van der Waals surface area contributed by atoms with Crippen molar-refractivity contribution in [1.29, 1.82) is 0 Å². The van der Waals surface area contributed by atoms with Crippen LogP contribution in [0.4, 0.5) is 0 Å². The van der Waals surface area contributed by atoms with Crippen LogP contribution in [0.5, 0.6) is 0 Å². The fourth-order valence-electron chi connectivity index (χ4n) is 2.55. The minimum atomic E-state index is 0.715. The van der Waals surface area contributed by atoms with Gasteiger partial charge in [0.1, 0.15) is 0 Å². The minimum absolute atomic E-state index is 0.715. The Balaban J connectivity index is 2.31. The molecular formula is C15H29N. The Morgan fingerprint density at radius 2 is 1.94 bits per heavy atom. The molecule has 0 radical (unpaired) electrons. The first-order chi connectivity index (χ1) is 7.76. The van der Waals surface area contributed by atoms with Crippen LogP contribution >= 0.6 is 0 Å². The predicted molar refractivity (Wildman–Crippen MR) is 72.7 cm³/mol. The summed E-state index contributed by atoms with van der Waals surface area (Å²) in [6, 6.07) is 0. The molecule has 0 bridgehead atoms. The second kappa shape index (κ2) is 7.11. The third-order valence-corrected chi connectivity index (χ3v) is 3.77. The molecule has 94 valence electrons. The van der Waals surface area contributed by atoms with Crippen LogP contribution in [0.15, 0.2) is 12.7 Å². The van der Waals surface area contributed by atoms with E-state index in [0.29, 0.717) is 5.41 Å². The van der Waals surface area contributed by atoms with Gasteiger partial charge in [-0.25, -0.2) is 0 Å². The Morgan fingerprint density at radius 1 is 1.19 bits per heavy atom. The van der Waals surface area contributed by atoms with Gasteiger partial charge in [-0.05, 0) is 44.1 Å². The van der Waals surface area contributed by atoms with Gasteiger partial charge in [0, 0.05) is 13.1 Å². The van der Waals surface area contributed by atoms with E-state index in [9.17, 15) is 0 Å². The molecular weight excluding hydrogens is 194 g/mol. The molecule has 0 saturated heterocycles. The Kier molecular flexibility index (Phi) is 6.12. The summed E-state index contributed by atoms with van der Waals surface area (Å²) < 4.78 is 0. The highest BCUT2D eigenvalue weighted by atomic mass is 15.1. The number of hydrogen-bond donors (Lipinski definition) is 0. The number of hydrogen-bond acceptors (Lipinski definition) is 1. The van der Waals surface area contributed by atoms with E-state index in [4.69, 9.17) is 0 Å². The van der Waals surface area contributed by atoms with Crippen molar-refractivity contribution in [3.05, 3.63) is 12.7 Å². The highest BCUT2D eigenvalue weighted by molar-refractivity contribution is 4.95. The van der Waals surface area contributed by atoms with Crippen LogP contribution in [0.1, 0.15) is 58.8 Å². The van der Waals surface area contributed by atoms with Crippen LogP contribution in [0.2, 0.25) is 0 Å². The zero-order chi connectivity index (χ0) is 11.9. The highest BCUT2D eigenvalue weighted by Crippen LogP contribution is 2.50. The van der Waals surface area contributed by atoms with Gasteiger partial charge in [-0.15, -0.1) is 6.58 Å². The van der Waals surface area contributed by atoms with Gasteiger partial charge >= 0.3 is 0 Å². The predicted octanol–water partition coefficient (Wildman–Crippen LogP) is 4.24. The average molecular weight is 223 g/mol. The van der Waals surface area contributed by atoms with Crippen LogP contribution in [-0.2, 0) is 0 Å². The zero-order valence-electron chi connectivity index (χ0n) is 11.3. The molecule has 0 heterocycles. The SMILES string of the molecule is C=CCCN(CCC)CC1(CCCC)CC1. The Morgan fingerprint density at radius 3 is 2.44 bits per heavy atom. The second-order valence-corrected chi connectivity index (χ2v) is 5.46.